The first kappa shape index (κ1) is 13.9. The van der Waals surface area contributed by atoms with Gasteiger partial charge in [-0.2, -0.15) is 5.26 Å². The Morgan fingerprint density at radius 3 is 2.90 bits per heavy atom. The van der Waals surface area contributed by atoms with Crippen LogP contribution in [0, 0.1) is 11.3 Å². The number of esters is 1. The number of carbonyl (C=O) groups excluding carboxylic acids is 1. The number of hydrogen-bond donors (Lipinski definition) is 2. The quantitative estimate of drug-likeness (QED) is 0.803. The molecule has 1 aromatic rings. The standard InChI is InChI=1S/C13H16N4O3/c1-4-19-13(18)8-7(5-14)11(15)20-12-9(8)10(6(2)3)16-17-12/h6,8H,4,15H2,1-3H3,(H,16,17). The van der Waals surface area contributed by atoms with Crippen LogP contribution in [0.3, 0.4) is 0 Å². The predicted octanol–water partition coefficient (Wildman–Crippen LogP) is 1.27. The first-order valence-electron chi connectivity index (χ1n) is 6.33. The van der Waals surface area contributed by atoms with Crippen molar-refractivity contribution in [3.8, 4) is 11.9 Å². The maximum absolute atomic E-state index is 12.2. The molecule has 0 saturated heterocycles. The molecule has 106 valence electrons. The average molecular weight is 276 g/mol. The van der Waals surface area contributed by atoms with E-state index in [1.54, 1.807) is 6.92 Å². The van der Waals surface area contributed by atoms with Crippen LogP contribution in [0.1, 0.15) is 43.9 Å². The second-order valence-corrected chi connectivity index (χ2v) is 4.69. The molecule has 0 radical (unpaired) electrons. The second kappa shape index (κ2) is 5.25. The van der Waals surface area contributed by atoms with Crippen molar-refractivity contribution in [1.29, 1.82) is 5.26 Å². The number of ether oxygens (including phenoxy) is 2. The van der Waals surface area contributed by atoms with Gasteiger partial charge in [0.15, 0.2) is 0 Å². The predicted molar refractivity (Wildman–Crippen MR) is 69.5 cm³/mol. The van der Waals surface area contributed by atoms with Crippen molar-refractivity contribution >= 4 is 5.97 Å². The fourth-order valence-corrected chi connectivity index (χ4v) is 2.17. The molecule has 1 unspecified atom stereocenters. The third kappa shape index (κ3) is 2.09. The number of nitrogens with two attached hydrogens (primary N) is 1. The smallest absolute Gasteiger partial charge is 0.319 e. The van der Waals surface area contributed by atoms with Gasteiger partial charge in [0.2, 0.25) is 11.8 Å². The normalized spacial score (nSPS) is 17.4. The largest absolute Gasteiger partial charge is 0.465 e. The van der Waals surface area contributed by atoms with E-state index in [0.29, 0.717) is 5.56 Å². The van der Waals surface area contributed by atoms with Crippen molar-refractivity contribution in [2.75, 3.05) is 6.61 Å². The summed E-state index contributed by atoms with van der Waals surface area (Å²) in [7, 11) is 0. The van der Waals surface area contributed by atoms with E-state index in [1.165, 1.54) is 0 Å². The van der Waals surface area contributed by atoms with Gasteiger partial charge < -0.3 is 15.2 Å². The number of rotatable bonds is 3. The molecule has 0 amide bonds. The number of aromatic amines is 1. The summed E-state index contributed by atoms with van der Waals surface area (Å²) in [5.41, 5.74) is 7.01. The Hall–Kier alpha value is -2.49. The number of aromatic nitrogens is 2. The summed E-state index contributed by atoms with van der Waals surface area (Å²) in [6.07, 6.45) is 0. The second-order valence-electron chi connectivity index (χ2n) is 4.69. The van der Waals surface area contributed by atoms with Crippen LogP contribution in [0.4, 0.5) is 0 Å². The minimum Gasteiger partial charge on any atom is -0.465 e. The van der Waals surface area contributed by atoms with Gasteiger partial charge in [0.25, 0.3) is 0 Å². The minimum absolute atomic E-state index is 0.0549. The van der Waals surface area contributed by atoms with Gasteiger partial charge in [0, 0.05) is 5.69 Å². The molecular formula is C13H16N4O3. The molecule has 1 aliphatic heterocycles. The van der Waals surface area contributed by atoms with E-state index in [-0.39, 0.29) is 29.9 Å². The zero-order valence-corrected chi connectivity index (χ0v) is 11.6. The van der Waals surface area contributed by atoms with Gasteiger partial charge in [-0.05, 0) is 12.8 Å². The summed E-state index contributed by atoms with van der Waals surface area (Å²) in [5.74, 6) is -1.21. The lowest BCUT2D eigenvalue weighted by Gasteiger charge is -2.22. The van der Waals surface area contributed by atoms with Gasteiger partial charge in [-0.15, -0.1) is 5.10 Å². The summed E-state index contributed by atoms with van der Waals surface area (Å²) in [6.45, 7) is 5.82. The molecule has 0 bridgehead atoms. The molecule has 0 aromatic carbocycles. The van der Waals surface area contributed by atoms with Crippen LogP contribution in [-0.2, 0) is 9.53 Å². The van der Waals surface area contributed by atoms with Crippen LogP contribution >= 0.6 is 0 Å². The molecule has 0 spiro atoms. The zero-order chi connectivity index (χ0) is 14.9. The van der Waals surface area contributed by atoms with Crippen molar-refractivity contribution in [2.45, 2.75) is 32.6 Å². The molecule has 7 nitrogen and oxygen atoms in total. The number of nitrogens with zero attached hydrogens (tertiary/aromatic N) is 2. The molecule has 2 heterocycles. The molecular weight excluding hydrogens is 260 g/mol. The van der Waals surface area contributed by atoms with Crippen molar-refractivity contribution in [2.24, 2.45) is 5.73 Å². The Morgan fingerprint density at radius 1 is 1.65 bits per heavy atom. The fraction of sp³-hybridized carbons (Fsp3) is 0.462. The summed E-state index contributed by atoms with van der Waals surface area (Å²) in [5, 5.41) is 16.1. The zero-order valence-electron chi connectivity index (χ0n) is 11.6. The highest BCUT2D eigenvalue weighted by atomic mass is 16.5. The fourth-order valence-electron chi connectivity index (χ4n) is 2.17. The van der Waals surface area contributed by atoms with Gasteiger partial charge >= 0.3 is 5.97 Å². The van der Waals surface area contributed by atoms with E-state index < -0.39 is 11.9 Å². The molecule has 1 aliphatic rings. The third-order valence-corrected chi connectivity index (χ3v) is 3.07. The van der Waals surface area contributed by atoms with Crippen LogP contribution in [0.5, 0.6) is 5.88 Å². The number of carbonyl (C=O) groups is 1. The highest BCUT2D eigenvalue weighted by Crippen LogP contribution is 2.41. The SMILES string of the molecule is CCOC(=O)C1C(C#N)=C(N)Oc2n[nH]c(C(C)C)c21. The lowest BCUT2D eigenvalue weighted by atomic mass is 9.87. The molecule has 1 atom stereocenters. The number of fused-ring (bicyclic) bond motifs is 1. The maximum atomic E-state index is 12.2. The highest BCUT2D eigenvalue weighted by molar-refractivity contribution is 5.85. The number of H-pyrrole nitrogens is 1. The van der Waals surface area contributed by atoms with Gasteiger partial charge in [0.1, 0.15) is 17.6 Å². The van der Waals surface area contributed by atoms with Crippen molar-refractivity contribution < 1.29 is 14.3 Å². The van der Waals surface area contributed by atoms with Crippen LogP contribution in [0.2, 0.25) is 0 Å². The topological polar surface area (TPSA) is 114 Å². The molecule has 0 saturated carbocycles. The van der Waals surface area contributed by atoms with Gasteiger partial charge in [-0.1, -0.05) is 13.8 Å². The molecule has 20 heavy (non-hydrogen) atoms. The molecule has 0 fully saturated rings. The van der Waals surface area contributed by atoms with Gasteiger partial charge in [0.05, 0.1) is 12.2 Å². The Morgan fingerprint density at radius 2 is 2.35 bits per heavy atom. The van der Waals surface area contributed by atoms with Crippen LogP contribution in [-0.4, -0.2) is 22.8 Å². The summed E-state index contributed by atoms with van der Waals surface area (Å²) in [6, 6.07) is 1.93. The van der Waals surface area contributed by atoms with Crippen molar-refractivity contribution in [3.63, 3.8) is 0 Å². The Balaban J connectivity index is 2.59. The molecule has 0 aliphatic carbocycles. The molecule has 3 N–H and O–H groups in total. The first-order valence-corrected chi connectivity index (χ1v) is 6.33. The number of nitrogens with one attached hydrogen (secondary N) is 1. The first-order chi connectivity index (χ1) is 9.51. The third-order valence-electron chi connectivity index (χ3n) is 3.07. The van der Waals surface area contributed by atoms with Crippen LogP contribution in [0.25, 0.3) is 0 Å². The van der Waals surface area contributed by atoms with E-state index in [1.807, 2.05) is 19.9 Å². The van der Waals surface area contributed by atoms with E-state index in [9.17, 15) is 10.1 Å². The van der Waals surface area contributed by atoms with Gasteiger partial charge in [-0.3, -0.25) is 9.89 Å². The lowest BCUT2D eigenvalue weighted by Crippen LogP contribution is -2.27. The number of nitriles is 1. The monoisotopic (exact) mass is 276 g/mol. The Bertz CT molecular complexity index is 610. The van der Waals surface area contributed by atoms with E-state index >= 15 is 0 Å². The van der Waals surface area contributed by atoms with Crippen LogP contribution < -0.4 is 10.5 Å². The van der Waals surface area contributed by atoms with Crippen molar-refractivity contribution in [1.82, 2.24) is 10.2 Å². The van der Waals surface area contributed by atoms with Crippen molar-refractivity contribution in [3.05, 3.63) is 22.7 Å². The number of hydrogen-bond acceptors (Lipinski definition) is 6. The molecule has 1 aromatic heterocycles. The maximum Gasteiger partial charge on any atom is 0.319 e. The Kier molecular flexibility index (Phi) is 3.66. The highest BCUT2D eigenvalue weighted by Gasteiger charge is 2.40. The van der Waals surface area contributed by atoms with Gasteiger partial charge in [-0.25, -0.2) is 0 Å². The lowest BCUT2D eigenvalue weighted by molar-refractivity contribution is -0.144. The van der Waals surface area contributed by atoms with E-state index in [4.69, 9.17) is 15.2 Å². The summed E-state index contributed by atoms with van der Waals surface area (Å²) in [4.78, 5) is 12.2. The summed E-state index contributed by atoms with van der Waals surface area (Å²) >= 11 is 0. The minimum atomic E-state index is -0.889. The van der Waals surface area contributed by atoms with E-state index in [2.05, 4.69) is 10.2 Å². The average Bonchev–Trinajstić information content (AvgIpc) is 2.80. The molecule has 2 rings (SSSR count). The van der Waals surface area contributed by atoms with Crippen LogP contribution in [0.15, 0.2) is 11.5 Å². The summed E-state index contributed by atoms with van der Waals surface area (Å²) < 4.78 is 10.4. The molecule has 7 heteroatoms. The van der Waals surface area contributed by atoms with E-state index in [0.717, 1.165) is 5.69 Å². The Labute approximate surface area is 116 Å².